The van der Waals surface area contributed by atoms with Crippen molar-refractivity contribution in [3.05, 3.63) is 17.5 Å². The minimum atomic E-state index is -1.00. The van der Waals surface area contributed by atoms with Gasteiger partial charge in [-0.15, -0.1) is 0 Å². The van der Waals surface area contributed by atoms with Crippen molar-refractivity contribution in [3.63, 3.8) is 0 Å². The van der Waals surface area contributed by atoms with Gasteiger partial charge in [0.1, 0.15) is 0 Å². The summed E-state index contributed by atoms with van der Waals surface area (Å²) >= 11 is 0. The van der Waals surface area contributed by atoms with E-state index in [-0.39, 0.29) is 5.92 Å². The van der Waals surface area contributed by atoms with E-state index in [4.69, 9.17) is 5.11 Å². The lowest BCUT2D eigenvalue weighted by Gasteiger charge is -2.22. The van der Waals surface area contributed by atoms with Gasteiger partial charge in [0.25, 0.3) is 0 Å². The Bertz CT molecular complexity index is 398. The molecule has 17 heavy (non-hydrogen) atoms. The monoisotopic (exact) mass is 240 g/mol. The highest BCUT2D eigenvalue weighted by atomic mass is 16.4. The van der Waals surface area contributed by atoms with Crippen LogP contribution in [0.5, 0.6) is 0 Å². The summed E-state index contributed by atoms with van der Waals surface area (Å²) in [5.74, 6) is -1.91. The first-order valence-corrected chi connectivity index (χ1v) is 5.81. The average Bonchev–Trinajstić information content (AvgIpc) is 2.58. The predicted octanol–water partition coefficient (Wildman–Crippen LogP) is 1.37. The molecule has 0 aliphatic carbocycles. The first kappa shape index (κ1) is 13.7. The number of aliphatic hydroxyl groups excluding tert-OH is 1. The van der Waals surface area contributed by atoms with Crippen molar-refractivity contribution in [1.29, 1.82) is 0 Å². The number of hydrogen-bond acceptors (Lipinski definition) is 3. The number of rotatable bonds is 5. The lowest BCUT2D eigenvalue weighted by molar-refractivity contribution is -0.148. The highest BCUT2D eigenvalue weighted by Crippen LogP contribution is 2.30. The van der Waals surface area contributed by atoms with Crippen LogP contribution in [0.2, 0.25) is 0 Å². The van der Waals surface area contributed by atoms with E-state index in [1.54, 1.807) is 31.8 Å². The van der Waals surface area contributed by atoms with Crippen molar-refractivity contribution in [3.8, 4) is 0 Å². The zero-order valence-corrected chi connectivity index (χ0v) is 10.7. The van der Waals surface area contributed by atoms with Crippen LogP contribution in [0.15, 0.2) is 6.20 Å². The van der Waals surface area contributed by atoms with E-state index in [0.717, 1.165) is 5.69 Å². The molecule has 1 aromatic rings. The van der Waals surface area contributed by atoms with Gasteiger partial charge < -0.3 is 10.2 Å². The number of aliphatic carboxylic acids is 1. The van der Waals surface area contributed by atoms with Gasteiger partial charge >= 0.3 is 5.97 Å². The number of hydrogen-bond donors (Lipinski definition) is 2. The molecule has 2 unspecified atom stereocenters. The summed E-state index contributed by atoms with van der Waals surface area (Å²) in [6.45, 7) is 5.53. The van der Waals surface area contributed by atoms with Crippen molar-refractivity contribution in [1.82, 2.24) is 9.78 Å². The number of carboxylic acids is 1. The Hall–Kier alpha value is -1.36. The number of aryl methyl sites for hydroxylation is 2. The Balaban J connectivity index is 3.08. The van der Waals surface area contributed by atoms with Gasteiger partial charge in [-0.1, -0.05) is 20.8 Å². The number of carboxylic acid groups (broad SMARTS) is 1. The van der Waals surface area contributed by atoms with Gasteiger partial charge in [0, 0.05) is 18.8 Å². The van der Waals surface area contributed by atoms with Gasteiger partial charge in [-0.2, -0.15) is 5.10 Å². The molecule has 1 heterocycles. The maximum Gasteiger partial charge on any atom is 0.309 e. The molecule has 0 aliphatic rings. The highest BCUT2D eigenvalue weighted by molar-refractivity contribution is 5.71. The van der Waals surface area contributed by atoms with Crippen LogP contribution in [0, 0.1) is 11.8 Å². The third kappa shape index (κ3) is 2.85. The molecule has 96 valence electrons. The first-order valence-electron chi connectivity index (χ1n) is 5.81. The summed E-state index contributed by atoms with van der Waals surface area (Å²) in [6.07, 6.45) is 1.37. The number of carbonyl (C=O) groups is 1. The largest absolute Gasteiger partial charge is 0.481 e. The van der Waals surface area contributed by atoms with Crippen LogP contribution in [0.3, 0.4) is 0 Å². The topological polar surface area (TPSA) is 75.3 Å². The van der Waals surface area contributed by atoms with Crippen LogP contribution >= 0.6 is 0 Å². The van der Waals surface area contributed by atoms with Crippen LogP contribution in [0.4, 0.5) is 0 Å². The van der Waals surface area contributed by atoms with E-state index >= 15 is 0 Å². The zero-order valence-electron chi connectivity index (χ0n) is 10.7. The van der Waals surface area contributed by atoms with Crippen LogP contribution < -0.4 is 0 Å². The third-order valence-electron chi connectivity index (χ3n) is 2.93. The highest BCUT2D eigenvalue weighted by Gasteiger charge is 2.32. The molecule has 0 aliphatic heterocycles. The summed E-state index contributed by atoms with van der Waals surface area (Å²) in [5, 5.41) is 23.6. The van der Waals surface area contributed by atoms with Crippen molar-refractivity contribution >= 4 is 5.97 Å². The van der Waals surface area contributed by atoms with Crippen molar-refractivity contribution in [2.24, 2.45) is 18.9 Å². The maximum atomic E-state index is 11.2. The zero-order chi connectivity index (χ0) is 13.2. The lowest BCUT2D eigenvalue weighted by Crippen LogP contribution is -2.27. The van der Waals surface area contributed by atoms with Crippen molar-refractivity contribution in [2.45, 2.75) is 33.3 Å². The fourth-order valence-electron chi connectivity index (χ4n) is 2.05. The molecule has 0 amide bonds. The molecule has 1 aromatic heterocycles. The lowest BCUT2D eigenvalue weighted by atomic mass is 9.86. The summed E-state index contributed by atoms with van der Waals surface area (Å²) in [6, 6.07) is 0. The van der Waals surface area contributed by atoms with Crippen LogP contribution in [0.25, 0.3) is 0 Å². The van der Waals surface area contributed by atoms with Crippen LogP contribution in [-0.4, -0.2) is 26.0 Å². The van der Waals surface area contributed by atoms with E-state index in [2.05, 4.69) is 5.10 Å². The van der Waals surface area contributed by atoms with Gasteiger partial charge in [0.2, 0.25) is 0 Å². The second-order valence-corrected chi connectivity index (χ2v) is 4.61. The SMILES string of the molecule is CCc1nn(C)cc1C(O)C(C(=O)O)C(C)C. The van der Waals surface area contributed by atoms with Gasteiger partial charge in [0.05, 0.1) is 17.7 Å². The Morgan fingerprint density at radius 3 is 2.53 bits per heavy atom. The molecule has 0 radical (unpaired) electrons. The number of aromatic nitrogens is 2. The summed E-state index contributed by atoms with van der Waals surface area (Å²) < 4.78 is 1.61. The molecule has 5 heteroatoms. The predicted molar refractivity (Wildman–Crippen MR) is 63.5 cm³/mol. The van der Waals surface area contributed by atoms with Gasteiger partial charge in [-0.25, -0.2) is 0 Å². The molecule has 1 rings (SSSR count). The molecular formula is C12H20N2O3. The first-order chi connectivity index (χ1) is 7.88. The quantitative estimate of drug-likeness (QED) is 0.815. The Kier molecular flexibility index (Phi) is 4.28. The summed E-state index contributed by atoms with van der Waals surface area (Å²) in [4.78, 5) is 11.2. The average molecular weight is 240 g/mol. The van der Waals surface area contributed by atoms with E-state index in [1.165, 1.54) is 0 Å². The van der Waals surface area contributed by atoms with Gasteiger partial charge in [-0.3, -0.25) is 9.48 Å². The Morgan fingerprint density at radius 1 is 1.53 bits per heavy atom. The molecule has 0 fully saturated rings. The second-order valence-electron chi connectivity index (χ2n) is 4.61. The Morgan fingerprint density at radius 2 is 2.12 bits per heavy atom. The number of nitrogens with zero attached hydrogens (tertiary/aromatic N) is 2. The summed E-state index contributed by atoms with van der Waals surface area (Å²) in [7, 11) is 1.76. The summed E-state index contributed by atoms with van der Waals surface area (Å²) in [5.41, 5.74) is 1.38. The molecule has 0 saturated heterocycles. The van der Waals surface area contributed by atoms with Crippen LogP contribution in [0.1, 0.15) is 38.1 Å². The minimum absolute atomic E-state index is 0.132. The standard InChI is InChI=1S/C12H20N2O3/c1-5-9-8(6-14(4)13-9)11(15)10(7(2)3)12(16)17/h6-7,10-11,15H,5H2,1-4H3,(H,16,17). The van der Waals surface area contributed by atoms with Crippen molar-refractivity contribution in [2.75, 3.05) is 0 Å². The van der Waals surface area contributed by atoms with Crippen molar-refractivity contribution < 1.29 is 15.0 Å². The fraction of sp³-hybridized carbons (Fsp3) is 0.667. The molecule has 0 aromatic carbocycles. The fourth-order valence-corrected chi connectivity index (χ4v) is 2.05. The molecule has 0 bridgehead atoms. The molecule has 0 spiro atoms. The van der Waals surface area contributed by atoms with E-state index in [9.17, 15) is 9.90 Å². The number of aliphatic hydroxyl groups is 1. The molecule has 2 N–H and O–H groups in total. The van der Waals surface area contributed by atoms with Gasteiger partial charge in [-0.05, 0) is 12.3 Å². The van der Waals surface area contributed by atoms with Gasteiger partial charge in [0.15, 0.2) is 0 Å². The molecule has 2 atom stereocenters. The van der Waals surface area contributed by atoms with E-state index in [1.807, 2.05) is 6.92 Å². The Labute approximate surface area is 101 Å². The molecule has 5 nitrogen and oxygen atoms in total. The maximum absolute atomic E-state index is 11.2. The smallest absolute Gasteiger partial charge is 0.309 e. The van der Waals surface area contributed by atoms with E-state index < -0.39 is 18.0 Å². The minimum Gasteiger partial charge on any atom is -0.481 e. The van der Waals surface area contributed by atoms with Crippen LogP contribution in [-0.2, 0) is 18.3 Å². The normalized spacial score (nSPS) is 14.9. The van der Waals surface area contributed by atoms with E-state index in [0.29, 0.717) is 12.0 Å². The molecular weight excluding hydrogens is 220 g/mol. The molecule has 0 saturated carbocycles. The second kappa shape index (κ2) is 5.31. The third-order valence-corrected chi connectivity index (χ3v) is 2.93.